The number of rotatable bonds is 10. The lowest BCUT2D eigenvalue weighted by Crippen LogP contribution is -2.39. The number of unbranched alkanes of at least 4 members (excludes halogenated alkanes) is 1. The van der Waals surface area contributed by atoms with E-state index in [4.69, 9.17) is 9.47 Å². The maximum atomic E-state index is 13.4. The van der Waals surface area contributed by atoms with Gasteiger partial charge in [0.25, 0.3) is 0 Å². The SMILES string of the molecule is CCCCOC(=O)N1CC=C(c2ccc(Nc3cc(N(C(=O)OC(C)(C)C)C4CC4)n4ncc(C#N)c4n3)cc2C[S+](C)[O-])C1. The lowest BCUT2D eigenvalue weighted by atomic mass is 10.0. The first-order valence-corrected chi connectivity index (χ1v) is 16.8. The third kappa shape index (κ3) is 7.69. The molecule has 1 fully saturated rings. The van der Waals surface area contributed by atoms with Gasteiger partial charge in [-0.3, -0.25) is 4.90 Å². The summed E-state index contributed by atoms with van der Waals surface area (Å²) in [6.07, 6.45) is 7.65. The Hall–Kier alpha value is -4.28. The molecule has 1 aromatic carbocycles. The molecule has 238 valence electrons. The Balaban J connectivity index is 1.45. The lowest BCUT2D eigenvalue weighted by Gasteiger charge is -2.27. The number of hydrogen-bond donors (Lipinski definition) is 1. The van der Waals surface area contributed by atoms with Crippen LogP contribution in [0.1, 0.15) is 70.1 Å². The van der Waals surface area contributed by atoms with Crippen molar-refractivity contribution in [2.24, 2.45) is 0 Å². The van der Waals surface area contributed by atoms with Gasteiger partial charge in [0.05, 0.1) is 19.1 Å². The number of hydrogen-bond acceptors (Lipinski definition) is 9. The predicted octanol–water partition coefficient (Wildman–Crippen LogP) is 5.76. The van der Waals surface area contributed by atoms with Crippen LogP contribution in [0.4, 0.5) is 26.9 Å². The number of amides is 2. The van der Waals surface area contributed by atoms with Crippen molar-refractivity contribution in [2.45, 2.75) is 70.8 Å². The monoisotopic (exact) mass is 633 g/mol. The van der Waals surface area contributed by atoms with Gasteiger partial charge in [-0.05, 0) is 63.3 Å². The van der Waals surface area contributed by atoms with Crippen molar-refractivity contribution in [3.63, 3.8) is 0 Å². The van der Waals surface area contributed by atoms with Gasteiger partial charge in [0.2, 0.25) is 0 Å². The molecule has 2 aromatic heterocycles. The molecular formula is C32H39N7O5S. The predicted molar refractivity (Wildman–Crippen MR) is 173 cm³/mol. The second-order valence-electron chi connectivity index (χ2n) is 12.3. The fourth-order valence-electron chi connectivity index (χ4n) is 5.09. The maximum absolute atomic E-state index is 13.4. The van der Waals surface area contributed by atoms with Gasteiger partial charge in [-0.1, -0.05) is 36.7 Å². The zero-order valence-corrected chi connectivity index (χ0v) is 27.1. The third-order valence-corrected chi connectivity index (χ3v) is 8.02. The van der Waals surface area contributed by atoms with Crippen LogP contribution in [0, 0.1) is 11.3 Å². The minimum absolute atomic E-state index is 0.0540. The average molecular weight is 634 g/mol. The van der Waals surface area contributed by atoms with Gasteiger partial charge in [-0.15, -0.1) is 0 Å². The smallest absolute Gasteiger partial charge is 0.416 e. The van der Waals surface area contributed by atoms with Crippen molar-refractivity contribution < 1.29 is 23.6 Å². The van der Waals surface area contributed by atoms with Crippen molar-refractivity contribution in [1.82, 2.24) is 19.5 Å². The molecule has 3 heterocycles. The Morgan fingerprint density at radius 3 is 2.71 bits per heavy atom. The number of carbonyl (C=O) groups excluding carboxylic acids is 2. The highest BCUT2D eigenvalue weighted by atomic mass is 32.2. The van der Waals surface area contributed by atoms with Gasteiger partial charge >= 0.3 is 12.2 Å². The van der Waals surface area contributed by atoms with Crippen molar-refractivity contribution in [1.29, 1.82) is 5.26 Å². The Bertz CT molecular complexity index is 1650. The number of nitrogens with zero attached hydrogens (tertiary/aromatic N) is 6. The molecule has 5 rings (SSSR count). The van der Waals surface area contributed by atoms with Crippen molar-refractivity contribution in [3.8, 4) is 6.07 Å². The van der Waals surface area contributed by atoms with Gasteiger partial charge in [0, 0.05) is 36.4 Å². The maximum Gasteiger partial charge on any atom is 0.416 e. The minimum atomic E-state index is -1.13. The molecule has 12 nitrogen and oxygen atoms in total. The largest absolute Gasteiger partial charge is 0.616 e. The van der Waals surface area contributed by atoms with E-state index in [2.05, 4.69) is 21.5 Å². The fourth-order valence-corrected chi connectivity index (χ4v) is 5.77. The molecule has 2 aliphatic rings. The zero-order valence-electron chi connectivity index (χ0n) is 26.3. The third-order valence-electron chi connectivity index (χ3n) is 7.31. The van der Waals surface area contributed by atoms with E-state index < -0.39 is 22.9 Å². The van der Waals surface area contributed by atoms with E-state index in [1.807, 2.05) is 52.0 Å². The summed E-state index contributed by atoms with van der Waals surface area (Å²) in [5.41, 5.74) is 3.29. The fraction of sp³-hybridized carbons (Fsp3) is 0.469. The van der Waals surface area contributed by atoms with Crippen LogP contribution in [-0.4, -0.2) is 73.8 Å². The van der Waals surface area contributed by atoms with Crippen LogP contribution in [0.2, 0.25) is 0 Å². The molecule has 0 saturated heterocycles. The normalized spacial score (nSPS) is 15.4. The van der Waals surface area contributed by atoms with Crippen molar-refractivity contribution in [2.75, 3.05) is 36.2 Å². The average Bonchev–Trinajstić information content (AvgIpc) is 3.50. The van der Waals surface area contributed by atoms with Crippen LogP contribution in [0.15, 0.2) is 36.5 Å². The highest BCUT2D eigenvalue weighted by Crippen LogP contribution is 2.36. The second-order valence-corrected chi connectivity index (χ2v) is 13.7. The van der Waals surface area contributed by atoms with E-state index in [1.165, 1.54) is 10.7 Å². The number of carbonyl (C=O) groups is 2. The minimum Gasteiger partial charge on any atom is -0.616 e. The molecular weight excluding hydrogens is 594 g/mol. The Morgan fingerprint density at radius 2 is 2.04 bits per heavy atom. The first-order chi connectivity index (χ1) is 21.5. The van der Waals surface area contributed by atoms with E-state index >= 15 is 0 Å². The molecule has 0 bridgehead atoms. The highest BCUT2D eigenvalue weighted by molar-refractivity contribution is 7.89. The quantitative estimate of drug-likeness (QED) is 0.217. The number of anilines is 3. The number of fused-ring (bicyclic) bond motifs is 1. The molecule has 0 spiro atoms. The summed E-state index contributed by atoms with van der Waals surface area (Å²) in [6, 6.07) is 9.54. The van der Waals surface area contributed by atoms with E-state index in [0.29, 0.717) is 48.4 Å². The van der Waals surface area contributed by atoms with Crippen LogP contribution in [0.25, 0.3) is 11.2 Å². The molecule has 1 atom stereocenters. The van der Waals surface area contributed by atoms with Gasteiger partial charge in [0.15, 0.2) is 5.65 Å². The Labute approximate surface area is 266 Å². The summed E-state index contributed by atoms with van der Waals surface area (Å²) in [6.45, 7) is 8.74. The summed E-state index contributed by atoms with van der Waals surface area (Å²) in [5.74, 6) is 1.16. The zero-order chi connectivity index (χ0) is 32.3. The molecule has 13 heteroatoms. The van der Waals surface area contributed by atoms with E-state index in [1.54, 1.807) is 22.1 Å². The summed E-state index contributed by atoms with van der Waals surface area (Å²) in [5, 5.41) is 17.4. The topological polar surface area (TPSA) is 148 Å². The first-order valence-electron chi connectivity index (χ1n) is 15.1. The van der Waals surface area contributed by atoms with Gasteiger partial charge < -0.3 is 24.2 Å². The van der Waals surface area contributed by atoms with E-state index in [0.717, 1.165) is 42.4 Å². The summed E-state index contributed by atoms with van der Waals surface area (Å²) in [7, 11) is 0. The summed E-state index contributed by atoms with van der Waals surface area (Å²) >= 11 is -1.13. The first kappa shape index (κ1) is 32.1. The number of ether oxygens (including phenoxy) is 2. The van der Waals surface area contributed by atoms with Crippen molar-refractivity contribution in [3.05, 3.63) is 53.2 Å². The molecule has 1 unspecified atom stereocenters. The number of aromatic nitrogens is 3. The molecule has 45 heavy (non-hydrogen) atoms. The molecule has 3 aromatic rings. The van der Waals surface area contributed by atoms with E-state index in [-0.39, 0.29) is 17.7 Å². The summed E-state index contributed by atoms with van der Waals surface area (Å²) < 4.78 is 25.0. The number of nitriles is 1. The Morgan fingerprint density at radius 1 is 1.27 bits per heavy atom. The molecule has 2 amide bonds. The number of benzene rings is 1. The van der Waals surface area contributed by atoms with Crippen LogP contribution in [-0.2, 0) is 26.4 Å². The van der Waals surface area contributed by atoms with Gasteiger partial charge in [-0.2, -0.15) is 14.9 Å². The molecule has 1 aliphatic carbocycles. The van der Waals surface area contributed by atoms with Crippen LogP contribution in [0.5, 0.6) is 0 Å². The highest BCUT2D eigenvalue weighted by Gasteiger charge is 2.38. The van der Waals surface area contributed by atoms with Crippen LogP contribution >= 0.6 is 0 Å². The van der Waals surface area contributed by atoms with Gasteiger partial charge in [0.1, 0.15) is 34.6 Å². The van der Waals surface area contributed by atoms with Crippen LogP contribution in [0.3, 0.4) is 0 Å². The molecule has 1 saturated carbocycles. The molecule has 1 N–H and O–H groups in total. The standard InChI is InChI=1S/C32H39N7O5S/c1-6-7-14-43-30(40)37-13-12-21(19-37)26-11-8-24(15-22(26)20-45(5)42)35-27-16-28(39-29(36-27)23(17-33)18-34-39)38(25-9-10-25)31(41)44-32(2,3)4/h8,11-12,15-16,18,25H,6-7,9-10,13-14,19-20H2,1-5H3,(H,35,36). The molecule has 0 radical (unpaired) electrons. The van der Waals surface area contributed by atoms with Crippen molar-refractivity contribution >= 4 is 51.9 Å². The molecule has 1 aliphatic heterocycles. The number of nitrogens with one attached hydrogen (secondary N) is 1. The van der Waals surface area contributed by atoms with E-state index in [9.17, 15) is 19.4 Å². The lowest BCUT2D eigenvalue weighted by molar-refractivity contribution is 0.0575. The Kier molecular flexibility index (Phi) is 9.55. The van der Waals surface area contributed by atoms with Crippen LogP contribution < -0.4 is 10.2 Å². The second kappa shape index (κ2) is 13.4. The summed E-state index contributed by atoms with van der Waals surface area (Å²) in [4.78, 5) is 33.8. The van der Waals surface area contributed by atoms with Gasteiger partial charge in [-0.25, -0.2) is 14.6 Å².